The second-order valence-corrected chi connectivity index (χ2v) is 5.42. The zero-order chi connectivity index (χ0) is 12.5. The summed E-state index contributed by atoms with van der Waals surface area (Å²) < 4.78 is 0. The van der Waals surface area contributed by atoms with E-state index in [9.17, 15) is 4.79 Å². The number of nitrogens with one attached hydrogen (secondary N) is 1. The summed E-state index contributed by atoms with van der Waals surface area (Å²) >= 11 is 0. The lowest BCUT2D eigenvalue weighted by atomic mass is 9.98. The van der Waals surface area contributed by atoms with Crippen molar-refractivity contribution in [3.05, 3.63) is 29.8 Å². The Balaban J connectivity index is 1.87. The first-order chi connectivity index (χ1) is 8.77. The van der Waals surface area contributed by atoms with Crippen molar-refractivity contribution in [2.75, 3.05) is 18.0 Å². The van der Waals surface area contributed by atoms with Gasteiger partial charge in [0, 0.05) is 12.2 Å². The van der Waals surface area contributed by atoms with Crippen LogP contribution in [0.1, 0.15) is 25.3 Å². The van der Waals surface area contributed by atoms with Gasteiger partial charge in [0.25, 0.3) is 0 Å². The predicted molar refractivity (Wildman–Crippen MR) is 72.7 cm³/mol. The lowest BCUT2D eigenvalue weighted by Crippen LogP contribution is -2.47. The van der Waals surface area contributed by atoms with Crippen molar-refractivity contribution in [3.8, 4) is 0 Å². The Labute approximate surface area is 108 Å². The summed E-state index contributed by atoms with van der Waals surface area (Å²) in [6.07, 6.45) is 3.27. The number of benzene rings is 1. The van der Waals surface area contributed by atoms with E-state index < -0.39 is 0 Å². The van der Waals surface area contributed by atoms with Crippen LogP contribution in [0.5, 0.6) is 0 Å². The van der Waals surface area contributed by atoms with E-state index in [0.717, 1.165) is 38.0 Å². The van der Waals surface area contributed by atoms with Gasteiger partial charge >= 0.3 is 0 Å². The molecule has 2 heterocycles. The van der Waals surface area contributed by atoms with Crippen LogP contribution in [0.15, 0.2) is 24.3 Å². The molecule has 1 amide bonds. The van der Waals surface area contributed by atoms with E-state index in [0.29, 0.717) is 5.92 Å². The SMILES string of the molecule is CC1CCNC1C(=O)N1CCCc2ccccc21. The Kier molecular flexibility index (Phi) is 3.08. The first kappa shape index (κ1) is 11.7. The number of hydrogen-bond acceptors (Lipinski definition) is 2. The van der Waals surface area contributed by atoms with Crippen LogP contribution < -0.4 is 10.2 Å². The lowest BCUT2D eigenvalue weighted by molar-refractivity contribution is -0.121. The first-order valence-corrected chi connectivity index (χ1v) is 6.90. The number of amides is 1. The summed E-state index contributed by atoms with van der Waals surface area (Å²) in [5.41, 5.74) is 2.43. The third-order valence-electron chi connectivity index (χ3n) is 4.18. The summed E-state index contributed by atoms with van der Waals surface area (Å²) in [6.45, 7) is 3.99. The molecule has 1 aromatic carbocycles. The summed E-state index contributed by atoms with van der Waals surface area (Å²) in [5.74, 6) is 0.707. The van der Waals surface area contributed by atoms with Crippen LogP contribution in [0.4, 0.5) is 5.69 Å². The number of para-hydroxylation sites is 1. The van der Waals surface area contributed by atoms with Crippen LogP contribution >= 0.6 is 0 Å². The Morgan fingerprint density at radius 1 is 1.39 bits per heavy atom. The maximum Gasteiger partial charge on any atom is 0.244 e. The van der Waals surface area contributed by atoms with Crippen LogP contribution in [-0.2, 0) is 11.2 Å². The number of fused-ring (bicyclic) bond motifs is 1. The molecule has 1 saturated heterocycles. The molecule has 96 valence electrons. The van der Waals surface area contributed by atoms with Gasteiger partial charge in [-0.05, 0) is 43.4 Å². The molecule has 1 aromatic rings. The maximum atomic E-state index is 12.6. The van der Waals surface area contributed by atoms with Crippen molar-refractivity contribution in [3.63, 3.8) is 0 Å². The third kappa shape index (κ3) is 1.93. The fraction of sp³-hybridized carbons (Fsp3) is 0.533. The zero-order valence-corrected chi connectivity index (χ0v) is 10.9. The van der Waals surface area contributed by atoms with Crippen molar-refractivity contribution in [1.82, 2.24) is 5.32 Å². The Hall–Kier alpha value is -1.35. The highest BCUT2D eigenvalue weighted by atomic mass is 16.2. The second-order valence-electron chi connectivity index (χ2n) is 5.42. The van der Waals surface area contributed by atoms with Crippen molar-refractivity contribution < 1.29 is 4.79 Å². The van der Waals surface area contributed by atoms with Crippen LogP contribution in [-0.4, -0.2) is 25.0 Å². The van der Waals surface area contributed by atoms with Crippen LogP contribution in [0.2, 0.25) is 0 Å². The molecular weight excluding hydrogens is 224 g/mol. The Morgan fingerprint density at radius 3 is 3.00 bits per heavy atom. The average Bonchev–Trinajstić information content (AvgIpc) is 2.83. The van der Waals surface area contributed by atoms with E-state index in [4.69, 9.17) is 0 Å². The topological polar surface area (TPSA) is 32.3 Å². The minimum Gasteiger partial charge on any atom is -0.311 e. The molecule has 18 heavy (non-hydrogen) atoms. The minimum atomic E-state index is 0.0103. The van der Waals surface area contributed by atoms with Gasteiger partial charge in [-0.2, -0.15) is 0 Å². The van der Waals surface area contributed by atoms with E-state index in [1.165, 1.54) is 5.56 Å². The zero-order valence-electron chi connectivity index (χ0n) is 10.9. The van der Waals surface area contributed by atoms with Crippen LogP contribution in [0.3, 0.4) is 0 Å². The highest BCUT2D eigenvalue weighted by Gasteiger charge is 2.34. The summed E-state index contributed by atoms with van der Waals surface area (Å²) in [5, 5.41) is 3.34. The number of anilines is 1. The number of nitrogens with zero attached hydrogens (tertiary/aromatic N) is 1. The summed E-state index contributed by atoms with van der Waals surface area (Å²) in [7, 11) is 0. The predicted octanol–water partition coefficient (Wildman–Crippen LogP) is 1.96. The molecule has 0 spiro atoms. The monoisotopic (exact) mass is 244 g/mol. The standard InChI is InChI=1S/C15H20N2O/c1-11-8-9-16-14(11)15(18)17-10-4-6-12-5-2-3-7-13(12)17/h2-3,5,7,11,14,16H,4,6,8-10H2,1H3. The van der Waals surface area contributed by atoms with Gasteiger partial charge in [-0.1, -0.05) is 25.1 Å². The molecule has 1 N–H and O–H groups in total. The average molecular weight is 244 g/mol. The van der Waals surface area contributed by atoms with E-state index in [2.05, 4.69) is 30.4 Å². The van der Waals surface area contributed by atoms with Gasteiger partial charge in [-0.15, -0.1) is 0 Å². The van der Waals surface area contributed by atoms with Gasteiger partial charge in [0.2, 0.25) is 5.91 Å². The molecule has 0 aromatic heterocycles. The van der Waals surface area contributed by atoms with Crippen molar-refractivity contribution in [2.24, 2.45) is 5.92 Å². The van der Waals surface area contributed by atoms with Gasteiger partial charge < -0.3 is 10.2 Å². The highest BCUT2D eigenvalue weighted by Crippen LogP contribution is 2.28. The first-order valence-electron chi connectivity index (χ1n) is 6.90. The number of hydrogen-bond donors (Lipinski definition) is 1. The number of carbonyl (C=O) groups excluding carboxylic acids is 1. The smallest absolute Gasteiger partial charge is 0.244 e. The molecule has 2 aliphatic heterocycles. The second kappa shape index (κ2) is 4.73. The number of carbonyl (C=O) groups is 1. The van der Waals surface area contributed by atoms with Gasteiger partial charge in [0.05, 0.1) is 6.04 Å². The molecule has 2 atom stereocenters. The molecule has 2 unspecified atom stereocenters. The van der Waals surface area contributed by atoms with Gasteiger partial charge in [0.15, 0.2) is 0 Å². The number of aryl methyl sites for hydroxylation is 1. The van der Waals surface area contributed by atoms with Crippen LogP contribution in [0, 0.1) is 5.92 Å². The van der Waals surface area contributed by atoms with Crippen molar-refractivity contribution in [1.29, 1.82) is 0 Å². The Morgan fingerprint density at radius 2 is 2.22 bits per heavy atom. The molecule has 2 aliphatic rings. The quantitative estimate of drug-likeness (QED) is 0.819. The molecule has 3 heteroatoms. The maximum absolute atomic E-state index is 12.6. The van der Waals surface area contributed by atoms with Crippen molar-refractivity contribution >= 4 is 11.6 Å². The lowest BCUT2D eigenvalue weighted by Gasteiger charge is -2.32. The van der Waals surface area contributed by atoms with E-state index in [1.54, 1.807) is 0 Å². The largest absolute Gasteiger partial charge is 0.311 e. The van der Waals surface area contributed by atoms with E-state index in [-0.39, 0.29) is 11.9 Å². The molecule has 0 saturated carbocycles. The molecule has 0 radical (unpaired) electrons. The van der Waals surface area contributed by atoms with Gasteiger partial charge in [-0.25, -0.2) is 0 Å². The van der Waals surface area contributed by atoms with E-state index >= 15 is 0 Å². The Bertz CT molecular complexity index is 458. The van der Waals surface area contributed by atoms with Crippen LogP contribution in [0.25, 0.3) is 0 Å². The third-order valence-corrected chi connectivity index (χ3v) is 4.18. The summed E-state index contributed by atoms with van der Waals surface area (Å²) in [6, 6.07) is 8.31. The highest BCUT2D eigenvalue weighted by molar-refractivity contribution is 5.98. The molecule has 3 nitrogen and oxygen atoms in total. The molecular formula is C15H20N2O. The van der Waals surface area contributed by atoms with Gasteiger partial charge in [-0.3, -0.25) is 4.79 Å². The van der Waals surface area contributed by atoms with E-state index in [1.807, 2.05) is 11.0 Å². The molecule has 0 aliphatic carbocycles. The normalized spacial score (nSPS) is 27.1. The van der Waals surface area contributed by atoms with Crippen molar-refractivity contribution in [2.45, 2.75) is 32.2 Å². The molecule has 3 rings (SSSR count). The van der Waals surface area contributed by atoms with Gasteiger partial charge in [0.1, 0.15) is 0 Å². The molecule has 1 fully saturated rings. The number of rotatable bonds is 1. The summed E-state index contributed by atoms with van der Waals surface area (Å²) in [4.78, 5) is 14.6. The fourth-order valence-electron chi connectivity index (χ4n) is 3.10. The molecule has 0 bridgehead atoms. The minimum absolute atomic E-state index is 0.0103. The fourth-order valence-corrected chi connectivity index (χ4v) is 3.10.